The third-order valence-electron chi connectivity index (χ3n) is 4.29. The molecule has 0 aromatic heterocycles. The van der Waals surface area contributed by atoms with E-state index in [1.807, 2.05) is 0 Å². The van der Waals surface area contributed by atoms with Crippen LogP contribution < -0.4 is 5.32 Å². The van der Waals surface area contributed by atoms with Crippen molar-refractivity contribution in [3.8, 4) is 0 Å². The van der Waals surface area contributed by atoms with E-state index in [4.69, 9.17) is 0 Å². The quantitative estimate of drug-likeness (QED) is 0.816. The van der Waals surface area contributed by atoms with Crippen molar-refractivity contribution in [3.63, 3.8) is 0 Å². The van der Waals surface area contributed by atoms with Gasteiger partial charge in [-0.15, -0.1) is 0 Å². The van der Waals surface area contributed by atoms with Gasteiger partial charge in [-0.05, 0) is 32.0 Å². The fraction of sp³-hybridized carbons (Fsp3) is 0.647. The zero-order valence-corrected chi connectivity index (χ0v) is 12.4. The second kappa shape index (κ2) is 7.66. The molecule has 1 aliphatic carbocycles. The molecule has 0 bridgehead atoms. The highest BCUT2D eigenvalue weighted by Gasteiger charge is 2.26. The summed E-state index contributed by atoms with van der Waals surface area (Å²) in [7, 11) is 2.29. The minimum atomic E-state index is 0.668. The Balaban J connectivity index is 1.99. The minimum absolute atomic E-state index is 0.668. The summed E-state index contributed by atoms with van der Waals surface area (Å²) in [6.45, 7) is 4.37. The Morgan fingerprint density at radius 3 is 2.58 bits per heavy atom. The third-order valence-corrected chi connectivity index (χ3v) is 4.29. The van der Waals surface area contributed by atoms with Crippen LogP contribution in [-0.2, 0) is 6.54 Å². The molecule has 2 heteroatoms. The molecule has 1 N–H and O–H groups in total. The van der Waals surface area contributed by atoms with Crippen molar-refractivity contribution in [1.82, 2.24) is 10.2 Å². The van der Waals surface area contributed by atoms with E-state index in [1.54, 1.807) is 0 Å². The molecule has 0 radical (unpaired) electrons. The zero-order valence-electron chi connectivity index (χ0n) is 12.4. The molecule has 1 aromatic carbocycles. The summed E-state index contributed by atoms with van der Waals surface area (Å²) in [6.07, 6.45) is 6.83. The van der Waals surface area contributed by atoms with Crippen molar-refractivity contribution in [1.29, 1.82) is 0 Å². The van der Waals surface area contributed by atoms with Gasteiger partial charge in [0.25, 0.3) is 0 Å². The van der Waals surface area contributed by atoms with Gasteiger partial charge >= 0.3 is 0 Å². The number of likely N-dealkylation sites (N-methyl/N-ethyl adjacent to an activating group) is 2. The van der Waals surface area contributed by atoms with E-state index in [2.05, 4.69) is 54.5 Å². The first-order valence-electron chi connectivity index (χ1n) is 7.79. The molecule has 1 aliphatic rings. The van der Waals surface area contributed by atoms with E-state index < -0.39 is 0 Å². The first kappa shape index (κ1) is 14.5. The largest absolute Gasteiger partial charge is 0.313 e. The molecular weight excluding hydrogens is 232 g/mol. The first-order valence-corrected chi connectivity index (χ1v) is 7.79. The van der Waals surface area contributed by atoms with Gasteiger partial charge < -0.3 is 5.32 Å². The monoisotopic (exact) mass is 260 g/mol. The van der Waals surface area contributed by atoms with Crippen LogP contribution in [0, 0.1) is 0 Å². The number of hydrogen-bond donors (Lipinski definition) is 1. The highest BCUT2D eigenvalue weighted by atomic mass is 15.2. The lowest BCUT2D eigenvalue weighted by molar-refractivity contribution is 0.175. The second-order valence-corrected chi connectivity index (χ2v) is 5.77. The molecule has 0 heterocycles. The van der Waals surface area contributed by atoms with Crippen molar-refractivity contribution < 1.29 is 0 Å². The second-order valence-electron chi connectivity index (χ2n) is 5.77. The number of nitrogens with one attached hydrogen (secondary N) is 1. The smallest absolute Gasteiger partial charge is 0.0249 e. The first-order chi connectivity index (χ1) is 9.31. The summed E-state index contributed by atoms with van der Waals surface area (Å²) in [5.41, 5.74) is 1.42. The van der Waals surface area contributed by atoms with Gasteiger partial charge in [-0.25, -0.2) is 0 Å². The lowest BCUT2D eigenvalue weighted by Crippen LogP contribution is -2.47. The molecule has 0 spiro atoms. The molecule has 2 atom stereocenters. The maximum absolute atomic E-state index is 3.70. The van der Waals surface area contributed by atoms with Crippen LogP contribution in [0.3, 0.4) is 0 Å². The van der Waals surface area contributed by atoms with E-state index >= 15 is 0 Å². The normalized spacial score (nSPS) is 24.4. The van der Waals surface area contributed by atoms with Gasteiger partial charge in [0, 0.05) is 18.6 Å². The molecule has 2 nitrogen and oxygen atoms in total. The van der Waals surface area contributed by atoms with Gasteiger partial charge in [0.2, 0.25) is 0 Å². The van der Waals surface area contributed by atoms with Crippen LogP contribution in [-0.4, -0.2) is 30.6 Å². The van der Waals surface area contributed by atoms with Gasteiger partial charge in [-0.2, -0.15) is 0 Å². The molecule has 1 saturated carbocycles. The van der Waals surface area contributed by atoms with Crippen LogP contribution in [0.25, 0.3) is 0 Å². The summed E-state index contributed by atoms with van der Waals surface area (Å²) in [4.78, 5) is 2.55. The van der Waals surface area contributed by atoms with Gasteiger partial charge in [-0.3, -0.25) is 4.90 Å². The topological polar surface area (TPSA) is 15.3 Å². The van der Waals surface area contributed by atoms with Crippen LogP contribution in [0.15, 0.2) is 30.3 Å². The molecule has 0 saturated heterocycles. The van der Waals surface area contributed by atoms with Gasteiger partial charge in [0.05, 0.1) is 0 Å². The standard InChI is InChI=1S/C17H28N2/c1-3-18-16-12-8-5-9-13-17(16)19(2)14-15-10-6-4-7-11-15/h4,6-7,10-11,16-18H,3,5,8-9,12-14H2,1-2H3. The number of benzene rings is 1. The Hall–Kier alpha value is -0.860. The summed E-state index contributed by atoms with van der Waals surface area (Å²) in [5, 5.41) is 3.70. The molecule has 1 fully saturated rings. The lowest BCUT2D eigenvalue weighted by atomic mass is 10.0. The van der Waals surface area contributed by atoms with Gasteiger partial charge in [0.15, 0.2) is 0 Å². The van der Waals surface area contributed by atoms with E-state index in [9.17, 15) is 0 Å². The highest BCUT2D eigenvalue weighted by Crippen LogP contribution is 2.23. The van der Waals surface area contributed by atoms with E-state index in [-0.39, 0.29) is 0 Å². The maximum atomic E-state index is 3.70. The highest BCUT2D eigenvalue weighted by molar-refractivity contribution is 5.14. The van der Waals surface area contributed by atoms with Crippen molar-refractivity contribution >= 4 is 0 Å². The van der Waals surface area contributed by atoms with Gasteiger partial charge in [-0.1, -0.05) is 56.5 Å². The van der Waals surface area contributed by atoms with Crippen LogP contribution in [0.2, 0.25) is 0 Å². The van der Waals surface area contributed by atoms with Crippen molar-refractivity contribution in [2.24, 2.45) is 0 Å². The molecule has 2 rings (SSSR count). The maximum Gasteiger partial charge on any atom is 0.0249 e. The summed E-state index contributed by atoms with van der Waals surface area (Å²) >= 11 is 0. The van der Waals surface area contributed by atoms with E-state index in [1.165, 1.54) is 37.7 Å². The van der Waals surface area contributed by atoms with Gasteiger partial charge in [0.1, 0.15) is 0 Å². The summed E-state index contributed by atoms with van der Waals surface area (Å²) in [5.74, 6) is 0. The number of rotatable bonds is 5. The molecule has 2 unspecified atom stereocenters. The average Bonchev–Trinajstić information content (AvgIpc) is 2.66. The predicted molar refractivity (Wildman–Crippen MR) is 82.2 cm³/mol. The predicted octanol–water partition coefficient (Wildman–Crippen LogP) is 3.43. The molecule has 106 valence electrons. The van der Waals surface area contributed by atoms with Crippen molar-refractivity contribution in [2.45, 2.75) is 57.7 Å². The number of nitrogens with zero attached hydrogens (tertiary/aromatic N) is 1. The molecular formula is C17H28N2. The van der Waals surface area contributed by atoms with Crippen molar-refractivity contribution in [2.75, 3.05) is 13.6 Å². The average molecular weight is 260 g/mol. The van der Waals surface area contributed by atoms with Crippen LogP contribution in [0.1, 0.15) is 44.6 Å². The molecule has 19 heavy (non-hydrogen) atoms. The summed E-state index contributed by atoms with van der Waals surface area (Å²) < 4.78 is 0. The Kier molecular flexibility index (Phi) is 5.87. The zero-order chi connectivity index (χ0) is 13.5. The Labute approximate surface area is 118 Å². The molecule has 0 amide bonds. The molecule has 0 aliphatic heterocycles. The van der Waals surface area contributed by atoms with Crippen molar-refractivity contribution in [3.05, 3.63) is 35.9 Å². The van der Waals surface area contributed by atoms with Crippen LogP contribution in [0.4, 0.5) is 0 Å². The molecule has 1 aromatic rings. The SMILES string of the molecule is CCNC1CCCCCC1N(C)Cc1ccccc1. The minimum Gasteiger partial charge on any atom is -0.313 e. The Morgan fingerprint density at radius 1 is 1.11 bits per heavy atom. The Morgan fingerprint density at radius 2 is 1.84 bits per heavy atom. The Bertz CT molecular complexity index is 350. The van der Waals surface area contributed by atoms with Crippen LogP contribution >= 0.6 is 0 Å². The van der Waals surface area contributed by atoms with E-state index in [0.717, 1.165) is 13.1 Å². The van der Waals surface area contributed by atoms with E-state index in [0.29, 0.717) is 12.1 Å². The van der Waals surface area contributed by atoms with Crippen LogP contribution in [0.5, 0.6) is 0 Å². The number of hydrogen-bond acceptors (Lipinski definition) is 2. The fourth-order valence-corrected chi connectivity index (χ4v) is 3.30. The lowest BCUT2D eigenvalue weighted by Gasteiger charge is -2.34. The third kappa shape index (κ3) is 4.32. The fourth-order valence-electron chi connectivity index (χ4n) is 3.30. The summed E-state index contributed by atoms with van der Waals surface area (Å²) in [6, 6.07) is 12.2.